The number of anilines is 1. The van der Waals surface area contributed by atoms with E-state index in [1.807, 2.05) is 0 Å². The van der Waals surface area contributed by atoms with Crippen molar-refractivity contribution in [3.8, 4) is 5.88 Å². The van der Waals surface area contributed by atoms with E-state index in [1.165, 1.54) is 15.9 Å². The molecule has 0 saturated carbocycles. The molecule has 3 heterocycles. The van der Waals surface area contributed by atoms with Crippen LogP contribution in [0.2, 0.25) is 0 Å². The highest BCUT2D eigenvalue weighted by atomic mass is 19.2. The molecule has 2 aliphatic heterocycles. The van der Waals surface area contributed by atoms with E-state index in [4.69, 9.17) is 4.74 Å². The minimum atomic E-state index is -1.02. The molecule has 4 rings (SSSR count). The Bertz CT molecular complexity index is 914. The lowest BCUT2D eigenvalue weighted by molar-refractivity contribution is -0.130. The Morgan fingerprint density at radius 2 is 2.03 bits per heavy atom. The predicted molar refractivity (Wildman–Crippen MR) is 98.3 cm³/mol. The van der Waals surface area contributed by atoms with Gasteiger partial charge in [-0.25, -0.2) is 13.6 Å². The number of carbonyl (C=O) groups excluding carboxylic acids is 2. The van der Waals surface area contributed by atoms with Crippen molar-refractivity contribution in [1.29, 1.82) is 0 Å². The van der Waals surface area contributed by atoms with Gasteiger partial charge in [-0.1, -0.05) is 0 Å². The largest absolute Gasteiger partial charge is 0.471 e. The van der Waals surface area contributed by atoms with E-state index in [9.17, 15) is 18.4 Å². The van der Waals surface area contributed by atoms with Crippen molar-refractivity contribution < 1.29 is 23.1 Å². The van der Waals surface area contributed by atoms with Crippen LogP contribution in [0.3, 0.4) is 0 Å². The van der Waals surface area contributed by atoms with Crippen molar-refractivity contribution >= 4 is 17.6 Å². The first-order valence-corrected chi connectivity index (χ1v) is 9.25. The number of likely N-dealkylation sites (tertiary alicyclic amines) is 1. The monoisotopic (exact) mass is 403 g/mol. The third-order valence-electron chi connectivity index (χ3n) is 4.97. The fourth-order valence-electron chi connectivity index (χ4n) is 3.46. The van der Waals surface area contributed by atoms with Crippen LogP contribution in [0.15, 0.2) is 36.5 Å². The lowest BCUT2D eigenvalue weighted by Crippen LogP contribution is -2.42. The zero-order chi connectivity index (χ0) is 20.4. The molecule has 0 N–H and O–H groups in total. The van der Waals surface area contributed by atoms with Crippen molar-refractivity contribution in [1.82, 2.24) is 20.0 Å². The maximum atomic E-state index is 13.5. The standard InChI is InChI=1S/C19H19F2N5O3/c20-15-4-3-13(10-16(15)21)26-9-8-25(19(26)28)12-18(27)24-7-5-14(11-24)29-17-2-1-6-22-23-17/h1-4,6,10,14H,5,7-9,11-12H2. The summed E-state index contributed by atoms with van der Waals surface area (Å²) in [5.74, 6) is -1.77. The number of nitrogens with zero attached hydrogens (tertiary/aromatic N) is 5. The van der Waals surface area contributed by atoms with Gasteiger partial charge in [-0.3, -0.25) is 9.69 Å². The molecule has 0 bridgehead atoms. The molecule has 2 fully saturated rings. The van der Waals surface area contributed by atoms with Gasteiger partial charge in [0.25, 0.3) is 0 Å². The van der Waals surface area contributed by atoms with Gasteiger partial charge in [0.15, 0.2) is 11.6 Å². The number of benzene rings is 1. The molecule has 2 saturated heterocycles. The number of halogens is 2. The Hall–Kier alpha value is -3.30. The SMILES string of the molecule is O=C(CN1CCN(c2ccc(F)c(F)c2)C1=O)N1CCC(Oc2cccnn2)C1. The van der Waals surface area contributed by atoms with Crippen LogP contribution in [-0.2, 0) is 4.79 Å². The highest BCUT2D eigenvalue weighted by Gasteiger charge is 2.34. The van der Waals surface area contributed by atoms with Crippen LogP contribution in [0.5, 0.6) is 5.88 Å². The van der Waals surface area contributed by atoms with Crippen LogP contribution in [0.25, 0.3) is 0 Å². The Kier molecular flexibility index (Phi) is 5.24. The smallest absolute Gasteiger partial charge is 0.325 e. The van der Waals surface area contributed by atoms with Gasteiger partial charge in [0, 0.05) is 50.1 Å². The Balaban J connectivity index is 1.32. The van der Waals surface area contributed by atoms with Crippen LogP contribution < -0.4 is 9.64 Å². The van der Waals surface area contributed by atoms with Gasteiger partial charge in [0.1, 0.15) is 12.6 Å². The molecule has 1 aromatic heterocycles. The number of amides is 3. The van der Waals surface area contributed by atoms with E-state index in [1.54, 1.807) is 23.2 Å². The summed E-state index contributed by atoms with van der Waals surface area (Å²) in [6, 6.07) is 6.32. The second kappa shape index (κ2) is 7.98. The van der Waals surface area contributed by atoms with Crippen LogP contribution in [0.4, 0.5) is 19.3 Å². The number of aromatic nitrogens is 2. The molecule has 0 spiro atoms. The normalized spacial score (nSPS) is 19.2. The summed E-state index contributed by atoms with van der Waals surface area (Å²) in [5.41, 5.74) is 0.266. The highest BCUT2D eigenvalue weighted by molar-refractivity contribution is 5.96. The van der Waals surface area contributed by atoms with E-state index >= 15 is 0 Å². The van der Waals surface area contributed by atoms with E-state index in [0.717, 1.165) is 12.1 Å². The fraction of sp³-hybridized carbons (Fsp3) is 0.368. The molecule has 1 atom stereocenters. The Morgan fingerprint density at radius 3 is 2.79 bits per heavy atom. The van der Waals surface area contributed by atoms with Crippen LogP contribution >= 0.6 is 0 Å². The topological polar surface area (TPSA) is 78.9 Å². The first kappa shape index (κ1) is 19.0. The lowest BCUT2D eigenvalue weighted by atomic mass is 10.3. The number of hydrogen-bond donors (Lipinski definition) is 0. The van der Waals surface area contributed by atoms with Crippen LogP contribution in [0.1, 0.15) is 6.42 Å². The molecule has 2 aromatic rings. The van der Waals surface area contributed by atoms with E-state index in [0.29, 0.717) is 38.5 Å². The molecule has 0 aliphatic carbocycles. The van der Waals surface area contributed by atoms with Gasteiger partial charge < -0.3 is 14.5 Å². The molecular weight excluding hydrogens is 384 g/mol. The number of ether oxygens (including phenoxy) is 1. The zero-order valence-electron chi connectivity index (χ0n) is 15.5. The molecule has 1 aromatic carbocycles. The van der Waals surface area contributed by atoms with Gasteiger partial charge in [-0.2, -0.15) is 5.10 Å². The number of rotatable bonds is 5. The third-order valence-corrected chi connectivity index (χ3v) is 4.97. The fourth-order valence-corrected chi connectivity index (χ4v) is 3.46. The van der Waals surface area contributed by atoms with Crippen molar-refractivity contribution in [3.05, 3.63) is 48.2 Å². The molecule has 29 heavy (non-hydrogen) atoms. The van der Waals surface area contributed by atoms with Crippen LogP contribution in [0, 0.1) is 11.6 Å². The van der Waals surface area contributed by atoms with E-state index in [2.05, 4.69) is 10.2 Å². The maximum Gasteiger partial charge on any atom is 0.325 e. The van der Waals surface area contributed by atoms with E-state index in [-0.39, 0.29) is 24.2 Å². The van der Waals surface area contributed by atoms with Gasteiger partial charge in [-0.05, 0) is 18.2 Å². The lowest BCUT2D eigenvalue weighted by Gasteiger charge is -2.22. The average molecular weight is 403 g/mol. The molecule has 10 heteroatoms. The van der Waals surface area contributed by atoms with Gasteiger partial charge >= 0.3 is 6.03 Å². The summed E-state index contributed by atoms with van der Waals surface area (Å²) < 4.78 is 32.3. The van der Waals surface area contributed by atoms with Gasteiger partial charge in [-0.15, -0.1) is 5.10 Å². The van der Waals surface area contributed by atoms with E-state index < -0.39 is 17.7 Å². The Morgan fingerprint density at radius 1 is 1.17 bits per heavy atom. The predicted octanol–water partition coefficient (Wildman–Crippen LogP) is 1.68. The highest BCUT2D eigenvalue weighted by Crippen LogP contribution is 2.23. The maximum absolute atomic E-state index is 13.5. The summed E-state index contributed by atoms with van der Waals surface area (Å²) >= 11 is 0. The van der Waals surface area contributed by atoms with Crippen molar-refractivity contribution in [2.75, 3.05) is 37.6 Å². The second-order valence-corrected chi connectivity index (χ2v) is 6.88. The quantitative estimate of drug-likeness (QED) is 0.759. The zero-order valence-corrected chi connectivity index (χ0v) is 15.5. The average Bonchev–Trinajstić information content (AvgIpc) is 3.32. The first-order chi connectivity index (χ1) is 14.0. The molecule has 0 radical (unpaired) electrons. The third kappa shape index (κ3) is 4.10. The number of carbonyl (C=O) groups is 2. The summed E-state index contributed by atoms with van der Waals surface area (Å²) in [6.07, 6.45) is 2.04. The minimum Gasteiger partial charge on any atom is -0.471 e. The van der Waals surface area contributed by atoms with Crippen LogP contribution in [-0.4, -0.2) is 70.8 Å². The van der Waals surface area contributed by atoms with Crippen molar-refractivity contribution in [2.24, 2.45) is 0 Å². The Labute approximate surface area is 165 Å². The van der Waals surface area contributed by atoms with Gasteiger partial charge in [0.2, 0.25) is 11.8 Å². The summed E-state index contributed by atoms with van der Waals surface area (Å²) in [4.78, 5) is 29.6. The van der Waals surface area contributed by atoms with Crippen molar-refractivity contribution in [2.45, 2.75) is 12.5 Å². The molecule has 3 amide bonds. The number of urea groups is 1. The summed E-state index contributed by atoms with van der Waals surface area (Å²) in [6.45, 7) is 1.49. The minimum absolute atomic E-state index is 0.0725. The summed E-state index contributed by atoms with van der Waals surface area (Å²) in [7, 11) is 0. The molecular formula is C19H19F2N5O3. The second-order valence-electron chi connectivity index (χ2n) is 6.88. The molecule has 1 unspecified atom stereocenters. The van der Waals surface area contributed by atoms with Gasteiger partial charge in [0.05, 0.1) is 6.54 Å². The summed E-state index contributed by atoms with van der Waals surface area (Å²) in [5, 5.41) is 7.62. The first-order valence-electron chi connectivity index (χ1n) is 9.25. The van der Waals surface area contributed by atoms with Crippen molar-refractivity contribution in [3.63, 3.8) is 0 Å². The number of hydrogen-bond acceptors (Lipinski definition) is 5. The molecule has 8 nitrogen and oxygen atoms in total. The molecule has 2 aliphatic rings. The molecule has 152 valence electrons.